The van der Waals surface area contributed by atoms with Gasteiger partial charge in [-0.1, -0.05) is 72.8 Å². The van der Waals surface area contributed by atoms with Crippen LogP contribution in [0.2, 0.25) is 0 Å². The minimum Gasteiger partial charge on any atom is -0.456 e. The van der Waals surface area contributed by atoms with Crippen molar-refractivity contribution in [3.8, 4) is 11.1 Å². The molecule has 0 fully saturated rings. The first-order chi connectivity index (χ1) is 19.8. The first-order valence-corrected chi connectivity index (χ1v) is 13.5. The van der Waals surface area contributed by atoms with E-state index in [4.69, 9.17) is 4.42 Å². The van der Waals surface area contributed by atoms with E-state index in [1.165, 1.54) is 10.8 Å². The molecular formula is C37H24N2O. The molecular weight excluding hydrogens is 488 g/mol. The Balaban J connectivity index is 1.28. The van der Waals surface area contributed by atoms with E-state index in [0.29, 0.717) is 0 Å². The third-order valence-corrected chi connectivity index (χ3v) is 7.64. The molecule has 2 aromatic heterocycles. The van der Waals surface area contributed by atoms with Gasteiger partial charge in [0.2, 0.25) is 0 Å². The molecule has 0 spiro atoms. The van der Waals surface area contributed by atoms with Crippen molar-refractivity contribution in [3.63, 3.8) is 0 Å². The highest BCUT2D eigenvalue weighted by atomic mass is 16.3. The molecule has 0 aliphatic rings. The van der Waals surface area contributed by atoms with Gasteiger partial charge in [-0.3, -0.25) is 4.98 Å². The first kappa shape index (κ1) is 22.6. The normalized spacial score (nSPS) is 11.5. The molecule has 0 bridgehead atoms. The molecule has 188 valence electrons. The number of nitrogens with zero attached hydrogens (tertiary/aromatic N) is 2. The van der Waals surface area contributed by atoms with E-state index in [2.05, 4.69) is 125 Å². The molecule has 8 aromatic rings. The van der Waals surface area contributed by atoms with Crippen LogP contribution >= 0.6 is 0 Å². The Morgan fingerprint density at radius 1 is 0.450 bits per heavy atom. The van der Waals surface area contributed by atoms with Gasteiger partial charge in [0, 0.05) is 45.0 Å². The maximum absolute atomic E-state index is 6.11. The third kappa shape index (κ3) is 3.79. The maximum Gasteiger partial charge on any atom is 0.135 e. The van der Waals surface area contributed by atoms with Gasteiger partial charge in [0.05, 0.1) is 5.52 Å². The first-order valence-electron chi connectivity index (χ1n) is 13.5. The summed E-state index contributed by atoms with van der Waals surface area (Å²) >= 11 is 0. The summed E-state index contributed by atoms with van der Waals surface area (Å²) in [6.45, 7) is 0. The second-order valence-corrected chi connectivity index (χ2v) is 10.1. The number of hydrogen-bond acceptors (Lipinski definition) is 3. The van der Waals surface area contributed by atoms with E-state index >= 15 is 0 Å². The van der Waals surface area contributed by atoms with Crippen LogP contribution in [0.1, 0.15) is 0 Å². The third-order valence-electron chi connectivity index (χ3n) is 7.64. The molecule has 0 saturated carbocycles. The van der Waals surface area contributed by atoms with Gasteiger partial charge in [-0.2, -0.15) is 0 Å². The summed E-state index contributed by atoms with van der Waals surface area (Å²) in [5.41, 5.74) is 8.36. The van der Waals surface area contributed by atoms with Crippen LogP contribution in [-0.4, -0.2) is 4.98 Å². The summed E-state index contributed by atoms with van der Waals surface area (Å²) < 4.78 is 6.11. The van der Waals surface area contributed by atoms with E-state index < -0.39 is 0 Å². The fourth-order valence-corrected chi connectivity index (χ4v) is 5.66. The summed E-state index contributed by atoms with van der Waals surface area (Å²) in [6.07, 6.45) is 1.97. The number of fused-ring (bicyclic) bond motifs is 5. The Morgan fingerprint density at radius 2 is 1.18 bits per heavy atom. The number of aromatic nitrogens is 1. The smallest absolute Gasteiger partial charge is 0.135 e. The zero-order valence-corrected chi connectivity index (χ0v) is 21.7. The van der Waals surface area contributed by atoms with Crippen molar-refractivity contribution in [3.05, 3.63) is 146 Å². The van der Waals surface area contributed by atoms with Crippen LogP contribution in [0.3, 0.4) is 0 Å². The SMILES string of the molecule is c1ccc(N(c2ccc3ccc(-c4cnc5ccccc5c4)cc3c2)c2ccc3oc4ccccc4c3c2)cc1. The highest BCUT2D eigenvalue weighted by molar-refractivity contribution is 6.06. The van der Waals surface area contributed by atoms with Crippen molar-refractivity contribution in [1.82, 2.24) is 4.98 Å². The minimum absolute atomic E-state index is 0.894. The summed E-state index contributed by atoms with van der Waals surface area (Å²) in [6, 6.07) is 49.0. The van der Waals surface area contributed by atoms with Crippen molar-refractivity contribution in [2.45, 2.75) is 0 Å². The van der Waals surface area contributed by atoms with Crippen LogP contribution in [0.25, 0.3) is 54.7 Å². The van der Waals surface area contributed by atoms with Crippen molar-refractivity contribution < 1.29 is 4.42 Å². The van der Waals surface area contributed by atoms with Gasteiger partial charge in [-0.15, -0.1) is 0 Å². The molecule has 8 rings (SSSR count). The Hall–Kier alpha value is -5.41. The largest absolute Gasteiger partial charge is 0.456 e. The van der Waals surface area contributed by atoms with E-state index in [1.54, 1.807) is 0 Å². The maximum atomic E-state index is 6.11. The Morgan fingerprint density at radius 3 is 2.12 bits per heavy atom. The summed E-state index contributed by atoms with van der Waals surface area (Å²) in [5.74, 6) is 0. The van der Waals surface area contributed by atoms with Gasteiger partial charge >= 0.3 is 0 Å². The van der Waals surface area contributed by atoms with E-state index in [9.17, 15) is 0 Å². The molecule has 0 aliphatic heterocycles. The molecule has 0 unspecified atom stereocenters. The lowest BCUT2D eigenvalue weighted by Crippen LogP contribution is -2.09. The van der Waals surface area contributed by atoms with Crippen LogP contribution < -0.4 is 4.90 Å². The molecule has 3 heteroatoms. The number of anilines is 3. The minimum atomic E-state index is 0.894. The van der Waals surface area contributed by atoms with E-state index in [0.717, 1.165) is 61.0 Å². The van der Waals surface area contributed by atoms with Gasteiger partial charge in [0.25, 0.3) is 0 Å². The quantitative estimate of drug-likeness (QED) is 0.235. The number of para-hydroxylation sites is 3. The second kappa shape index (κ2) is 9.11. The average molecular weight is 513 g/mol. The standard InChI is InChI=1S/C37H24N2O/c1-2-9-30(10-3-1)39(32-18-19-37-34(23-32)33-11-5-7-13-36(33)40-37)31-17-16-25-14-15-26(20-28(25)22-31)29-21-27-8-4-6-12-35(27)38-24-29/h1-24H. The van der Waals surface area contributed by atoms with Gasteiger partial charge in [-0.05, 0) is 83.1 Å². The Labute approximate surface area is 231 Å². The fraction of sp³-hybridized carbons (Fsp3) is 0. The van der Waals surface area contributed by atoms with Crippen LogP contribution in [0.5, 0.6) is 0 Å². The number of hydrogen-bond donors (Lipinski definition) is 0. The zero-order valence-electron chi connectivity index (χ0n) is 21.7. The number of pyridine rings is 1. The summed E-state index contributed by atoms with van der Waals surface area (Å²) in [7, 11) is 0. The lowest BCUT2D eigenvalue weighted by Gasteiger charge is -2.26. The van der Waals surface area contributed by atoms with Crippen molar-refractivity contribution in [2.75, 3.05) is 4.90 Å². The van der Waals surface area contributed by atoms with E-state index in [1.807, 2.05) is 30.5 Å². The lowest BCUT2D eigenvalue weighted by molar-refractivity contribution is 0.669. The van der Waals surface area contributed by atoms with Crippen LogP contribution in [0.15, 0.2) is 150 Å². The molecule has 0 N–H and O–H groups in total. The molecule has 0 aliphatic carbocycles. The molecule has 2 heterocycles. The predicted octanol–water partition coefficient (Wildman–Crippen LogP) is 10.4. The Bertz CT molecular complexity index is 2180. The fourth-order valence-electron chi connectivity index (χ4n) is 5.66. The van der Waals surface area contributed by atoms with Gasteiger partial charge in [0.1, 0.15) is 11.2 Å². The van der Waals surface area contributed by atoms with Gasteiger partial charge in [0.15, 0.2) is 0 Å². The lowest BCUT2D eigenvalue weighted by atomic mass is 10.0. The number of rotatable bonds is 4. The number of benzene rings is 6. The second-order valence-electron chi connectivity index (χ2n) is 10.1. The van der Waals surface area contributed by atoms with Crippen molar-refractivity contribution in [2.24, 2.45) is 0 Å². The molecule has 6 aromatic carbocycles. The Kier molecular flexibility index (Phi) is 5.14. The molecule has 40 heavy (non-hydrogen) atoms. The summed E-state index contributed by atoms with van der Waals surface area (Å²) in [5, 5.41) is 5.76. The van der Waals surface area contributed by atoms with Gasteiger partial charge in [-0.25, -0.2) is 0 Å². The van der Waals surface area contributed by atoms with Gasteiger partial charge < -0.3 is 9.32 Å². The van der Waals surface area contributed by atoms with Crippen LogP contribution in [-0.2, 0) is 0 Å². The zero-order chi connectivity index (χ0) is 26.5. The highest BCUT2D eigenvalue weighted by Gasteiger charge is 2.16. The summed E-state index contributed by atoms with van der Waals surface area (Å²) in [4.78, 5) is 7.00. The average Bonchev–Trinajstić information content (AvgIpc) is 3.39. The molecule has 0 atom stereocenters. The molecule has 0 radical (unpaired) electrons. The van der Waals surface area contributed by atoms with Crippen LogP contribution in [0.4, 0.5) is 17.1 Å². The molecule has 0 saturated heterocycles. The number of furan rings is 1. The molecule has 3 nitrogen and oxygen atoms in total. The topological polar surface area (TPSA) is 29.3 Å². The highest BCUT2D eigenvalue weighted by Crippen LogP contribution is 2.39. The van der Waals surface area contributed by atoms with E-state index in [-0.39, 0.29) is 0 Å². The van der Waals surface area contributed by atoms with Crippen LogP contribution in [0, 0.1) is 0 Å². The molecule has 0 amide bonds. The predicted molar refractivity (Wildman–Crippen MR) is 167 cm³/mol. The monoisotopic (exact) mass is 512 g/mol. The van der Waals surface area contributed by atoms with Crippen molar-refractivity contribution in [1.29, 1.82) is 0 Å². The van der Waals surface area contributed by atoms with Crippen molar-refractivity contribution >= 4 is 60.7 Å².